The minimum atomic E-state index is -0.216. The van der Waals surface area contributed by atoms with Crippen molar-refractivity contribution in [1.29, 1.82) is 5.26 Å². The third-order valence-electron chi connectivity index (χ3n) is 4.17. The van der Waals surface area contributed by atoms with Crippen molar-refractivity contribution in [3.05, 3.63) is 72.4 Å². The summed E-state index contributed by atoms with van der Waals surface area (Å²) in [5.74, 6) is 2.33. The van der Waals surface area contributed by atoms with Gasteiger partial charge in [-0.1, -0.05) is 12.1 Å². The molecule has 0 bridgehead atoms. The monoisotopic (exact) mass is 402 g/mol. The first-order valence-electron chi connectivity index (χ1n) is 9.46. The molecule has 0 aliphatic rings. The van der Waals surface area contributed by atoms with Crippen LogP contribution in [0, 0.1) is 11.3 Å². The first-order chi connectivity index (χ1) is 14.6. The molecule has 0 fully saturated rings. The molecule has 3 aromatic rings. The summed E-state index contributed by atoms with van der Waals surface area (Å²) in [5.41, 5.74) is 1.04. The summed E-state index contributed by atoms with van der Waals surface area (Å²) in [5, 5.41) is 11.7. The molecule has 0 saturated heterocycles. The molecule has 0 spiro atoms. The van der Waals surface area contributed by atoms with E-state index < -0.39 is 0 Å². The van der Waals surface area contributed by atoms with Crippen LogP contribution >= 0.6 is 0 Å². The number of hydrogen-bond acceptors (Lipinski definition) is 6. The van der Waals surface area contributed by atoms with Crippen molar-refractivity contribution in [2.45, 2.75) is 6.92 Å². The van der Waals surface area contributed by atoms with Crippen molar-refractivity contribution < 1.29 is 14.3 Å². The highest BCUT2D eigenvalue weighted by Gasteiger charge is 2.12. The molecule has 0 aliphatic carbocycles. The molecule has 0 unspecified atom stereocenters. The van der Waals surface area contributed by atoms with E-state index >= 15 is 0 Å². The average molecular weight is 402 g/mol. The van der Waals surface area contributed by atoms with Gasteiger partial charge in [0.1, 0.15) is 23.4 Å². The lowest BCUT2D eigenvalue weighted by atomic mass is 10.2. The van der Waals surface area contributed by atoms with Gasteiger partial charge in [0.2, 0.25) is 5.91 Å². The predicted octanol–water partition coefficient (Wildman–Crippen LogP) is 4.22. The van der Waals surface area contributed by atoms with Crippen LogP contribution in [0.25, 0.3) is 0 Å². The topological polar surface area (TPSA) is 87.5 Å². The smallest absolute Gasteiger partial charge is 0.244 e. The second-order valence-corrected chi connectivity index (χ2v) is 6.42. The Kier molecular flexibility index (Phi) is 6.85. The Morgan fingerprint density at radius 3 is 2.50 bits per heavy atom. The summed E-state index contributed by atoms with van der Waals surface area (Å²) in [4.78, 5) is 18.4. The normalized spacial score (nSPS) is 10.0. The number of benzene rings is 2. The summed E-state index contributed by atoms with van der Waals surface area (Å²) in [6.07, 6.45) is 1.48. The van der Waals surface area contributed by atoms with Crippen molar-refractivity contribution >= 4 is 17.4 Å². The Morgan fingerprint density at radius 1 is 1.10 bits per heavy atom. The molecule has 1 aromatic heterocycles. The van der Waals surface area contributed by atoms with Crippen LogP contribution in [0.5, 0.6) is 17.2 Å². The molecule has 0 radical (unpaired) electrons. The third kappa shape index (κ3) is 5.49. The second-order valence-electron chi connectivity index (χ2n) is 6.42. The molecule has 0 aliphatic heterocycles. The molecule has 1 heterocycles. The minimum absolute atomic E-state index is 0.0935. The van der Waals surface area contributed by atoms with E-state index in [1.54, 1.807) is 36.2 Å². The Morgan fingerprint density at radius 2 is 1.83 bits per heavy atom. The van der Waals surface area contributed by atoms with Crippen LogP contribution < -0.4 is 19.7 Å². The van der Waals surface area contributed by atoms with Crippen LogP contribution in [-0.2, 0) is 4.79 Å². The van der Waals surface area contributed by atoms with Crippen molar-refractivity contribution in [3.63, 3.8) is 0 Å². The molecule has 152 valence electrons. The number of amides is 1. The quantitative estimate of drug-likeness (QED) is 0.607. The standard InChI is InChI=1S/C23H22N4O3/c1-3-29-18-9-11-19(12-10-18)30-21-7-5-4-6-20(21)26-23(28)16-27(2)22-13-8-17(14-24)15-25-22/h4-13,15H,3,16H2,1-2H3,(H,26,28). The Bertz CT molecular complexity index is 1030. The maximum absolute atomic E-state index is 12.5. The lowest BCUT2D eigenvalue weighted by molar-refractivity contribution is -0.114. The van der Waals surface area contributed by atoms with E-state index in [4.69, 9.17) is 14.7 Å². The highest BCUT2D eigenvalue weighted by Crippen LogP contribution is 2.30. The average Bonchev–Trinajstić information content (AvgIpc) is 2.76. The molecule has 1 amide bonds. The zero-order valence-corrected chi connectivity index (χ0v) is 16.8. The maximum Gasteiger partial charge on any atom is 0.244 e. The number of para-hydroxylation sites is 2. The summed E-state index contributed by atoms with van der Waals surface area (Å²) < 4.78 is 11.4. The Balaban J connectivity index is 1.64. The molecule has 30 heavy (non-hydrogen) atoms. The van der Waals surface area contributed by atoms with Gasteiger partial charge in [-0.25, -0.2) is 4.98 Å². The van der Waals surface area contributed by atoms with E-state index in [0.29, 0.717) is 35.2 Å². The minimum Gasteiger partial charge on any atom is -0.494 e. The fraction of sp³-hybridized carbons (Fsp3) is 0.174. The number of nitrogens with one attached hydrogen (secondary N) is 1. The molecule has 3 rings (SSSR count). The fourth-order valence-electron chi connectivity index (χ4n) is 2.72. The Labute approximate surface area is 175 Å². The highest BCUT2D eigenvalue weighted by molar-refractivity contribution is 5.95. The molecule has 1 N–H and O–H groups in total. The van der Waals surface area contributed by atoms with E-state index in [9.17, 15) is 4.79 Å². The summed E-state index contributed by atoms with van der Waals surface area (Å²) in [7, 11) is 1.76. The number of pyridine rings is 1. The first kappa shape index (κ1) is 20.7. The van der Waals surface area contributed by atoms with Gasteiger partial charge in [0.25, 0.3) is 0 Å². The van der Waals surface area contributed by atoms with Crippen LogP contribution in [0.4, 0.5) is 11.5 Å². The van der Waals surface area contributed by atoms with E-state index in [2.05, 4.69) is 10.3 Å². The molecule has 0 saturated carbocycles. The van der Waals surface area contributed by atoms with Crippen LogP contribution in [0.2, 0.25) is 0 Å². The van der Waals surface area contributed by atoms with Crippen molar-refractivity contribution in [2.24, 2.45) is 0 Å². The number of likely N-dealkylation sites (N-methyl/N-ethyl adjacent to an activating group) is 1. The van der Waals surface area contributed by atoms with Crippen molar-refractivity contribution in [1.82, 2.24) is 4.98 Å². The van der Waals surface area contributed by atoms with Crippen LogP contribution in [0.15, 0.2) is 66.9 Å². The van der Waals surface area contributed by atoms with E-state index in [1.807, 2.05) is 49.4 Å². The third-order valence-corrected chi connectivity index (χ3v) is 4.17. The number of ether oxygens (including phenoxy) is 2. The van der Waals surface area contributed by atoms with E-state index in [-0.39, 0.29) is 12.5 Å². The van der Waals surface area contributed by atoms with Crippen molar-refractivity contribution in [2.75, 3.05) is 30.4 Å². The SMILES string of the molecule is CCOc1ccc(Oc2ccccc2NC(=O)CN(C)c2ccc(C#N)cn2)cc1. The summed E-state index contributed by atoms with van der Waals surface area (Å²) in [6.45, 7) is 2.62. The number of rotatable bonds is 8. The Hall–Kier alpha value is -4.05. The number of hydrogen-bond donors (Lipinski definition) is 1. The van der Waals surface area contributed by atoms with Gasteiger partial charge in [0, 0.05) is 13.2 Å². The molecule has 7 nitrogen and oxygen atoms in total. The zero-order chi connectivity index (χ0) is 21.3. The maximum atomic E-state index is 12.5. The summed E-state index contributed by atoms with van der Waals surface area (Å²) >= 11 is 0. The van der Waals surface area contributed by atoms with Gasteiger partial charge in [-0.05, 0) is 55.5 Å². The number of nitriles is 1. The molecule has 2 aromatic carbocycles. The molecular formula is C23H22N4O3. The predicted molar refractivity (Wildman–Crippen MR) is 115 cm³/mol. The lowest BCUT2D eigenvalue weighted by Crippen LogP contribution is -2.30. The molecule has 0 atom stereocenters. The van der Waals surface area contributed by atoms with Gasteiger partial charge >= 0.3 is 0 Å². The second kappa shape index (κ2) is 9.94. The first-order valence-corrected chi connectivity index (χ1v) is 9.46. The van der Waals surface area contributed by atoms with Gasteiger partial charge in [0.15, 0.2) is 5.75 Å². The summed E-state index contributed by atoms with van der Waals surface area (Å²) in [6, 6.07) is 19.9. The van der Waals surface area contributed by atoms with Gasteiger partial charge < -0.3 is 19.7 Å². The fourth-order valence-corrected chi connectivity index (χ4v) is 2.72. The number of aromatic nitrogens is 1. The number of anilines is 2. The van der Waals surface area contributed by atoms with Crippen LogP contribution in [0.1, 0.15) is 12.5 Å². The number of carbonyl (C=O) groups is 1. The van der Waals surface area contributed by atoms with Gasteiger partial charge in [-0.2, -0.15) is 5.26 Å². The zero-order valence-electron chi connectivity index (χ0n) is 16.8. The van der Waals surface area contributed by atoms with E-state index in [1.165, 1.54) is 6.20 Å². The van der Waals surface area contributed by atoms with Crippen LogP contribution in [-0.4, -0.2) is 31.1 Å². The van der Waals surface area contributed by atoms with Gasteiger partial charge in [-0.15, -0.1) is 0 Å². The molecule has 7 heteroatoms. The largest absolute Gasteiger partial charge is 0.494 e. The van der Waals surface area contributed by atoms with Crippen molar-refractivity contribution in [3.8, 4) is 23.3 Å². The number of carbonyl (C=O) groups excluding carboxylic acids is 1. The number of nitrogens with zero attached hydrogens (tertiary/aromatic N) is 3. The van der Waals surface area contributed by atoms with Gasteiger partial charge in [-0.3, -0.25) is 4.79 Å². The van der Waals surface area contributed by atoms with E-state index in [0.717, 1.165) is 5.75 Å². The lowest BCUT2D eigenvalue weighted by Gasteiger charge is -2.18. The van der Waals surface area contributed by atoms with Crippen LogP contribution in [0.3, 0.4) is 0 Å². The van der Waals surface area contributed by atoms with Gasteiger partial charge in [0.05, 0.1) is 24.4 Å². The highest BCUT2D eigenvalue weighted by atomic mass is 16.5. The molecular weight excluding hydrogens is 380 g/mol.